The van der Waals surface area contributed by atoms with Crippen molar-refractivity contribution in [3.8, 4) is 16.9 Å². The van der Waals surface area contributed by atoms with Crippen LogP contribution in [-0.2, 0) is 0 Å². The molecule has 1 fully saturated rings. The van der Waals surface area contributed by atoms with Crippen molar-refractivity contribution in [1.29, 1.82) is 0 Å². The Morgan fingerprint density at radius 1 is 1.03 bits per heavy atom. The summed E-state index contributed by atoms with van der Waals surface area (Å²) in [5.41, 5.74) is 3.10. The molecule has 1 atom stereocenters. The van der Waals surface area contributed by atoms with E-state index in [-0.39, 0.29) is 0 Å². The summed E-state index contributed by atoms with van der Waals surface area (Å²) in [5, 5.41) is 4.22. The van der Waals surface area contributed by atoms with Crippen molar-refractivity contribution in [2.24, 2.45) is 0 Å². The topological polar surface area (TPSA) is 71.8 Å². The Kier molecular flexibility index (Phi) is 4.82. The van der Waals surface area contributed by atoms with E-state index in [4.69, 9.17) is 0 Å². The van der Waals surface area contributed by atoms with E-state index in [1.165, 1.54) is 18.5 Å². The maximum Gasteiger partial charge on any atom is 0.150 e. The maximum absolute atomic E-state index is 14.0. The Labute approximate surface area is 177 Å². The average Bonchev–Trinajstić information content (AvgIpc) is 3.13. The standard InChI is InChI=1S/C22H21F2N7/c1-13-10-30(6-5-25-13)21-19-18(20-14(2)26-3-4-27-20)11-31(22(19)29-12-28-21)17-8-15(23)7-16(24)9-17/h3-4,7-9,11-13,25H,5-6,10H2,1-2H3/t13-/m1/s1. The van der Waals surface area contributed by atoms with E-state index >= 15 is 0 Å². The predicted molar refractivity (Wildman–Crippen MR) is 114 cm³/mol. The van der Waals surface area contributed by atoms with E-state index in [1.807, 2.05) is 6.92 Å². The molecule has 1 aliphatic heterocycles. The van der Waals surface area contributed by atoms with Crippen molar-refractivity contribution in [2.45, 2.75) is 19.9 Å². The Balaban J connectivity index is 1.80. The highest BCUT2D eigenvalue weighted by atomic mass is 19.1. The Morgan fingerprint density at radius 2 is 1.81 bits per heavy atom. The van der Waals surface area contributed by atoms with Crippen molar-refractivity contribution >= 4 is 16.9 Å². The molecule has 1 aliphatic rings. The van der Waals surface area contributed by atoms with Gasteiger partial charge in [-0.15, -0.1) is 0 Å². The van der Waals surface area contributed by atoms with Gasteiger partial charge in [-0.25, -0.2) is 18.7 Å². The molecule has 7 nitrogen and oxygen atoms in total. The number of anilines is 1. The molecule has 31 heavy (non-hydrogen) atoms. The summed E-state index contributed by atoms with van der Waals surface area (Å²) >= 11 is 0. The van der Waals surface area contributed by atoms with Gasteiger partial charge in [0.1, 0.15) is 23.8 Å². The van der Waals surface area contributed by atoms with Gasteiger partial charge in [0.15, 0.2) is 5.65 Å². The Bertz CT molecular complexity index is 1250. The van der Waals surface area contributed by atoms with Gasteiger partial charge in [0, 0.05) is 55.9 Å². The second-order valence-corrected chi connectivity index (χ2v) is 7.73. The van der Waals surface area contributed by atoms with Crippen molar-refractivity contribution in [3.63, 3.8) is 0 Å². The summed E-state index contributed by atoms with van der Waals surface area (Å²) in [4.78, 5) is 20.2. The van der Waals surface area contributed by atoms with E-state index in [1.54, 1.807) is 23.2 Å². The van der Waals surface area contributed by atoms with Crippen LogP contribution in [0.3, 0.4) is 0 Å². The van der Waals surface area contributed by atoms with Crippen LogP contribution in [0.15, 0.2) is 43.1 Å². The number of nitrogens with zero attached hydrogens (tertiary/aromatic N) is 6. The van der Waals surface area contributed by atoms with Gasteiger partial charge in [0.2, 0.25) is 0 Å². The smallest absolute Gasteiger partial charge is 0.150 e. The molecule has 158 valence electrons. The van der Waals surface area contributed by atoms with E-state index in [0.29, 0.717) is 23.1 Å². The lowest BCUT2D eigenvalue weighted by Gasteiger charge is -2.33. The van der Waals surface area contributed by atoms with Gasteiger partial charge in [0.25, 0.3) is 0 Å². The number of fused-ring (bicyclic) bond motifs is 1. The van der Waals surface area contributed by atoms with Gasteiger partial charge >= 0.3 is 0 Å². The predicted octanol–water partition coefficient (Wildman–Crippen LogP) is 3.26. The molecule has 3 aromatic heterocycles. The first-order valence-electron chi connectivity index (χ1n) is 10.1. The van der Waals surface area contributed by atoms with Crippen LogP contribution in [-0.4, -0.2) is 50.2 Å². The number of hydrogen-bond donors (Lipinski definition) is 1. The highest BCUT2D eigenvalue weighted by Gasteiger charge is 2.25. The summed E-state index contributed by atoms with van der Waals surface area (Å²) in [6.07, 6.45) is 6.56. The van der Waals surface area contributed by atoms with Crippen LogP contribution in [0.2, 0.25) is 0 Å². The zero-order valence-electron chi connectivity index (χ0n) is 17.2. The molecule has 9 heteroatoms. The third kappa shape index (κ3) is 3.50. The number of nitrogens with one attached hydrogen (secondary N) is 1. The molecule has 4 heterocycles. The first-order chi connectivity index (χ1) is 15.0. The van der Waals surface area contributed by atoms with Crippen molar-refractivity contribution in [3.05, 3.63) is 60.4 Å². The Hall–Kier alpha value is -3.46. The fourth-order valence-electron chi connectivity index (χ4n) is 4.14. The summed E-state index contributed by atoms with van der Waals surface area (Å²) < 4.78 is 29.7. The SMILES string of the molecule is Cc1nccnc1-c1cn(-c2cc(F)cc(F)c2)c2ncnc(N3CCN[C@H](C)C3)c12. The number of piperazine rings is 1. The van der Waals surface area contributed by atoms with E-state index in [9.17, 15) is 8.78 Å². The molecule has 0 aliphatic carbocycles. The number of rotatable bonds is 3. The van der Waals surface area contributed by atoms with Crippen molar-refractivity contribution in [2.75, 3.05) is 24.5 Å². The minimum absolute atomic E-state index is 0.305. The lowest BCUT2D eigenvalue weighted by atomic mass is 10.1. The summed E-state index contributed by atoms with van der Waals surface area (Å²) in [7, 11) is 0. The van der Waals surface area contributed by atoms with Gasteiger partial charge in [-0.3, -0.25) is 9.97 Å². The maximum atomic E-state index is 14.0. The lowest BCUT2D eigenvalue weighted by Crippen LogP contribution is -2.49. The minimum atomic E-state index is -0.653. The first-order valence-corrected chi connectivity index (χ1v) is 10.1. The monoisotopic (exact) mass is 421 g/mol. The Morgan fingerprint density at radius 3 is 2.55 bits per heavy atom. The molecule has 0 radical (unpaired) electrons. The van der Waals surface area contributed by atoms with Crippen molar-refractivity contribution in [1.82, 2.24) is 29.8 Å². The highest BCUT2D eigenvalue weighted by Crippen LogP contribution is 2.37. The summed E-state index contributed by atoms with van der Waals surface area (Å²) in [5.74, 6) is -0.535. The molecule has 0 unspecified atom stereocenters. The van der Waals surface area contributed by atoms with Crippen LogP contribution in [0.1, 0.15) is 12.6 Å². The molecule has 1 saturated heterocycles. The molecule has 0 spiro atoms. The summed E-state index contributed by atoms with van der Waals surface area (Å²) in [6, 6.07) is 3.72. The molecule has 1 aromatic carbocycles. The van der Waals surface area contributed by atoms with Crippen LogP contribution in [0.4, 0.5) is 14.6 Å². The zero-order chi connectivity index (χ0) is 21.5. The van der Waals surface area contributed by atoms with Crippen molar-refractivity contribution < 1.29 is 8.78 Å². The van der Waals surface area contributed by atoms with Gasteiger partial charge in [-0.05, 0) is 26.0 Å². The number of halogens is 2. The number of benzene rings is 1. The number of aromatic nitrogens is 5. The second-order valence-electron chi connectivity index (χ2n) is 7.73. The molecular formula is C22H21F2N7. The minimum Gasteiger partial charge on any atom is -0.353 e. The van der Waals surface area contributed by atoms with Crippen LogP contribution in [0.25, 0.3) is 28.0 Å². The van der Waals surface area contributed by atoms with Gasteiger partial charge in [-0.2, -0.15) is 0 Å². The van der Waals surface area contributed by atoms with Gasteiger partial charge in [0.05, 0.1) is 22.5 Å². The third-order valence-corrected chi connectivity index (χ3v) is 5.49. The molecule has 1 N–H and O–H groups in total. The number of aryl methyl sites for hydroxylation is 1. The molecule has 0 saturated carbocycles. The largest absolute Gasteiger partial charge is 0.353 e. The lowest BCUT2D eigenvalue weighted by molar-refractivity contribution is 0.483. The average molecular weight is 421 g/mol. The highest BCUT2D eigenvalue weighted by molar-refractivity contribution is 6.02. The zero-order valence-corrected chi connectivity index (χ0v) is 17.2. The van der Waals surface area contributed by atoms with E-state index in [0.717, 1.165) is 48.2 Å². The fourth-order valence-corrected chi connectivity index (χ4v) is 4.14. The molecule has 4 aromatic rings. The van der Waals surface area contributed by atoms with Crippen LogP contribution in [0, 0.1) is 18.6 Å². The van der Waals surface area contributed by atoms with Crippen LogP contribution >= 0.6 is 0 Å². The molecular weight excluding hydrogens is 400 g/mol. The van der Waals surface area contributed by atoms with Crippen LogP contribution < -0.4 is 10.2 Å². The van der Waals surface area contributed by atoms with E-state index < -0.39 is 11.6 Å². The number of hydrogen-bond acceptors (Lipinski definition) is 6. The third-order valence-electron chi connectivity index (χ3n) is 5.49. The molecule has 0 bridgehead atoms. The van der Waals surface area contributed by atoms with Gasteiger partial charge < -0.3 is 14.8 Å². The fraction of sp³-hybridized carbons (Fsp3) is 0.273. The quantitative estimate of drug-likeness (QED) is 0.548. The summed E-state index contributed by atoms with van der Waals surface area (Å²) in [6.45, 7) is 6.41. The molecule has 0 amide bonds. The normalized spacial score (nSPS) is 16.8. The molecule has 5 rings (SSSR count). The second kappa shape index (κ2) is 7.66. The van der Waals surface area contributed by atoms with Crippen LogP contribution in [0.5, 0.6) is 0 Å². The van der Waals surface area contributed by atoms with Gasteiger partial charge in [-0.1, -0.05) is 0 Å². The van der Waals surface area contributed by atoms with E-state index in [2.05, 4.69) is 37.1 Å². The first kappa shape index (κ1) is 19.5.